The van der Waals surface area contributed by atoms with E-state index in [9.17, 15) is 14.4 Å². The third-order valence-corrected chi connectivity index (χ3v) is 9.36. The van der Waals surface area contributed by atoms with Gasteiger partial charge in [0, 0.05) is 18.7 Å². The van der Waals surface area contributed by atoms with Crippen molar-refractivity contribution in [3.63, 3.8) is 0 Å². The summed E-state index contributed by atoms with van der Waals surface area (Å²) in [5.74, 6) is 1.08. The molecule has 1 aromatic heterocycles. The summed E-state index contributed by atoms with van der Waals surface area (Å²) < 4.78 is 35.7. The molecule has 0 radical (unpaired) electrons. The third-order valence-electron chi connectivity index (χ3n) is 8.38. The Morgan fingerprint density at radius 3 is 2.35 bits per heavy atom. The van der Waals surface area contributed by atoms with E-state index >= 15 is 0 Å². The van der Waals surface area contributed by atoms with E-state index in [2.05, 4.69) is 0 Å². The molecule has 0 saturated carbocycles. The van der Waals surface area contributed by atoms with Crippen molar-refractivity contribution in [1.82, 2.24) is 9.47 Å². The molecule has 1 amide bonds. The molecule has 0 aliphatic carbocycles. The van der Waals surface area contributed by atoms with Gasteiger partial charge in [-0.1, -0.05) is 53.8 Å². The Kier molecular flexibility index (Phi) is 11.2. The number of morpholine rings is 1. The van der Waals surface area contributed by atoms with Gasteiger partial charge in [0.1, 0.15) is 0 Å². The monoisotopic (exact) mass is 713 g/mol. The van der Waals surface area contributed by atoms with Gasteiger partial charge in [-0.3, -0.25) is 14.2 Å². The lowest BCUT2D eigenvalue weighted by Gasteiger charge is -2.26. The molecule has 2 aliphatic rings. The first-order chi connectivity index (χ1) is 24.9. The maximum absolute atomic E-state index is 14.4. The zero-order chi connectivity index (χ0) is 35.9. The minimum Gasteiger partial charge on any atom is -0.493 e. The Morgan fingerprint density at radius 1 is 0.902 bits per heavy atom. The number of carbonyl (C=O) groups is 2. The van der Waals surface area contributed by atoms with Crippen molar-refractivity contribution >= 4 is 35.0 Å². The number of aromatic nitrogens is 1. The zero-order valence-electron chi connectivity index (χ0n) is 28.9. The molecule has 1 fully saturated rings. The largest absolute Gasteiger partial charge is 0.493 e. The van der Waals surface area contributed by atoms with Gasteiger partial charge in [-0.2, -0.15) is 0 Å². The normalized spacial score (nSPS) is 15.9. The maximum Gasteiger partial charge on any atom is 0.338 e. The lowest BCUT2D eigenvalue weighted by Crippen LogP contribution is -2.43. The summed E-state index contributed by atoms with van der Waals surface area (Å²) in [6.45, 7) is 6.00. The summed E-state index contributed by atoms with van der Waals surface area (Å²) in [4.78, 5) is 47.9. The first-order valence-electron chi connectivity index (χ1n) is 16.6. The van der Waals surface area contributed by atoms with Crippen LogP contribution in [0, 0.1) is 0 Å². The number of hydrogen-bond acceptors (Lipinski definition) is 11. The number of rotatable bonds is 12. The highest BCUT2D eigenvalue weighted by Crippen LogP contribution is 2.38. The molecule has 266 valence electrons. The van der Waals surface area contributed by atoms with Gasteiger partial charge < -0.3 is 33.3 Å². The fraction of sp³-hybridized carbons (Fsp3) is 0.316. The highest BCUT2D eigenvalue weighted by Gasteiger charge is 2.35. The highest BCUT2D eigenvalue weighted by atomic mass is 32.1. The number of nitrogens with zero attached hydrogens (tertiary/aromatic N) is 3. The minimum atomic E-state index is -0.892. The van der Waals surface area contributed by atoms with E-state index in [4.69, 9.17) is 33.4 Å². The number of amides is 1. The maximum atomic E-state index is 14.4. The van der Waals surface area contributed by atoms with Crippen molar-refractivity contribution in [2.45, 2.75) is 19.9 Å². The van der Waals surface area contributed by atoms with Crippen LogP contribution in [0.15, 0.2) is 82.1 Å². The van der Waals surface area contributed by atoms with Gasteiger partial charge in [-0.15, -0.1) is 0 Å². The van der Waals surface area contributed by atoms with Crippen LogP contribution in [0.2, 0.25) is 0 Å². The minimum absolute atomic E-state index is 0.132. The van der Waals surface area contributed by atoms with Crippen molar-refractivity contribution in [2.24, 2.45) is 4.99 Å². The van der Waals surface area contributed by atoms with Gasteiger partial charge in [0.25, 0.3) is 11.5 Å². The predicted octanol–water partition coefficient (Wildman–Crippen LogP) is 3.59. The van der Waals surface area contributed by atoms with Gasteiger partial charge in [-0.05, 0) is 55.3 Å². The Balaban J connectivity index is 1.46. The van der Waals surface area contributed by atoms with Crippen LogP contribution in [0.4, 0.5) is 0 Å². The molecule has 0 spiro atoms. The molecule has 2 aliphatic heterocycles. The molecular weight excluding hydrogens is 674 g/mol. The number of hydrogen-bond donors (Lipinski definition) is 0. The standard InChI is InChI=1S/C38H39N3O9S/c1-5-48-30-20-24(12-14-28(30)50-23-32(42)40-16-18-47-19-17-40)21-31-36(43)41-35(26-13-15-27(45-3)29(22-26)46-4)33(37(44)49-6-2)34(39-38(41)51-31)25-10-8-7-9-11-25/h7-15,20-22,35H,5-6,16-19,23H2,1-4H3/b31-21+/t35-/m1/s1. The van der Waals surface area contributed by atoms with E-state index in [0.717, 1.165) is 0 Å². The van der Waals surface area contributed by atoms with Gasteiger partial charge in [0.15, 0.2) is 34.4 Å². The fourth-order valence-corrected chi connectivity index (χ4v) is 6.98. The van der Waals surface area contributed by atoms with Crippen LogP contribution in [0.1, 0.15) is 36.6 Å². The molecule has 6 rings (SSSR count). The Bertz CT molecular complexity index is 2120. The molecular formula is C38H39N3O9S. The van der Waals surface area contributed by atoms with Crippen LogP contribution in [0.25, 0.3) is 11.8 Å². The lowest BCUT2D eigenvalue weighted by atomic mass is 9.93. The highest BCUT2D eigenvalue weighted by molar-refractivity contribution is 7.07. The molecule has 0 unspecified atom stereocenters. The molecule has 0 N–H and O–H groups in total. The van der Waals surface area contributed by atoms with Crippen LogP contribution in [-0.2, 0) is 19.1 Å². The van der Waals surface area contributed by atoms with Gasteiger partial charge in [-0.25, -0.2) is 9.79 Å². The number of benzene rings is 3. The Morgan fingerprint density at radius 2 is 1.65 bits per heavy atom. The number of fused-ring (bicyclic) bond motifs is 1. The third kappa shape index (κ3) is 7.54. The molecule has 51 heavy (non-hydrogen) atoms. The van der Waals surface area contributed by atoms with Crippen molar-refractivity contribution in [3.05, 3.63) is 109 Å². The average Bonchev–Trinajstić information content (AvgIpc) is 3.47. The molecule has 4 aromatic rings. The number of thiazole rings is 1. The number of methoxy groups -OCH3 is 2. The van der Waals surface area contributed by atoms with Gasteiger partial charge in [0.2, 0.25) is 0 Å². The van der Waals surface area contributed by atoms with Crippen molar-refractivity contribution in [1.29, 1.82) is 0 Å². The van der Waals surface area contributed by atoms with Crippen molar-refractivity contribution < 1.29 is 38.0 Å². The predicted molar refractivity (Wildman–Crippen MR) is 191 cm³/mol. The SMILES string of the molecule is CCOC(=O)C1=C(c2ccccc2)N=c2s/c(=C/c3ccc(OCC(=O)N4CCOCC4)c(OCC)c3)c(=O)n2[C@@H]1c1ccc(OC)c(OC)c1. The second-order valence-electron chi connectivity index (χ2n) is 11.5. The number of ether oxygens (including phenoxy) is 6. The molecule has 0 bridgehead atoms. The second-order valence-corrected chi connectivity index (χ2v) is 12.5. The van der Waals surface area contributed by atoms with E-state index in [1.165, 1.54) is 23.0 Å². The van der Waals surface area contributed by atoms with Gasteiger partial charge in [0.05, 0.1) is 62.5 Å². The Labute approximate surface area is 298 Å². The first-order valence-corrected chi connectivity index (χ1v) is 17.4. The van der Waals surface area contributed by atoms with Gasteiger partial charge >= 0.3 is 5.97 Å². The molecule has 3 aromatic carbocycles. The summed E-state index contributed by atoms with van der Waals surface area (Å²) in [6.07, 6.45) is 1.75. The van der Waals surface area contributed by atoms with E-state index in [1.54, 1.807) is 61.4 Å². The lowest BCUT2D eigenvalue weighted by molar-refractivity contribution is -0.139. The zero-order valence-corrected chi connectivity index (χ0v) is 29.7. The molecule has 12 nitrogen and oxygen atoms in total. The van der Waals surface area contributed by atoms with E-state index in [1.807, 2.05) is 37.3 Å². The summed E-state index contributed by atoms with van der Waals surface area (Å²) in [5.41, 5.74) is 2.27. The van der Waals surface area contributed by atoms with Crippen molar-refractivity contribution in [3.8, 4) is 23.0 Å². The summed E-state index contributed by atoms with van der Waals surface area (Å²) in [7, 11) is 3.07. The topological polar surface area (TPSA) is 127 Å². The summed E-state index contributed by atoms with van der Waals surface area (Å²) in [6, 6.07) is 19.0. The van der Waals surface area contributed by atoms with Crippen LogP contribution < -0.4 is 33.8 Å². The molecule has 3 heterocycles. The van der Waals surface area contributed by atoms with E-state index in [0.29, 0.717) is 87.6 Å². The number of carbonyl (C=O) groups excluding carboxylic acids is 2. The molecule has 1 atom stereocenters. The van der Waals surface area contributed by atoms with Crippen LogP contribution in [0.5, 0.6) is 23.0 Å². The molecule has 13 heteroatoms. The van der Waals surface area contributed by atoms with Crippen LogP contribution in [-0.4, -0.2) is 81.7 Å². The first kappa shape index (κ1) is 35.4. The smallest absolute Gasteiger partial charge is 0.338 e. The summed E-state index contributed by atoms with van der Waals surface area (Å²) >= 11 is 1.21. The second kappa shape index (κ2) is 16.1. The van der Waals surface area contributed by atoms with Crippen molar-refractivity contribution in [2.75, 3.05) is 60.3 Å². The number of esters is 1. The van der Waals surface area contributed by atoms with E-state index < -0.39 is 12.0 Å². The quantitative estimate of drug-likeness (QED) is 0.203. The summed E-state index contributed by atoms with van der Waals surface area (Å²) in [5, 5.41) is 0. The Hall–Kier alpha value is -5.40. The van der Waals surface area contributed by atoms with E-state index in [-0.39, 0.29) is 30.3 Å². The van der Waals surface area contributed by atoms with Crippen LogP contribution >= 0.6 is 11.3 Å². The molecule has 1 saturated heterocycles. The fourth-order valence-electron chi connectivity index (χ4n) is 5.98. The van der Waals surface area contributed by atoms with Crippen LogP contribution in [0.3, 0.4) is 0 Å². The average molecular weight is 714 g/mol.